The lowest BCUT2D eigenvalue weighted by molar-refractivity contribution is 0.112. The van der Waals surface area contributed by atoms with Crippen molar-refractivity contribution < 1.29 is 4.79 Å². The minimum atomic E-state index is 0.713. The Bertz CT molecular complexity index is 478. The van der Waals surface area contributed by atoms with Crippen LogP contribution in [0.15, 0.2) is 18.2 Å². The standard InChI is InChI=1S/C9H4ClIOS/c10-9-8(11)7-5(4-12)2-1-3-6(7)13-9/h1-4H. The van der Waals surface area contributed by atoms with Crippen molar-refractivity contribution in [3.8, 4) is 0 Å². The van der Waals surface area contributed by atoms with E-state index in [1.165, 1.54) is 11.3 Å². The van der Waals surface area contributed by atoms with Crippen LogP contribution in [0.4, 0.5) is 0 Å². The molecular formula is C9H4ClIOS. The van der Waals surface area contributed by atoms with E-state index in [0.29, 0.717) is 5.56 Å². The molecule has 0 atom stereocenters. The first-order valence-corrected chi connectivity index (χ1v) is 5.83. The predicted octanol–water partition coefficient (Wildman–Crippen LogP) is 3.97. The first kappa shape index (κ1) is 9.43. The second-order valence-corrected chi connectivity index (χ2v) is 5.26. The monoisotopic (exact) mass is 322 g/mol. The van der Waals surface area contributed by atoms with Gasteiger partial charge in [0.05, 0.1) is 3.57 Å². The van der Waals surface area contributed by atoms with Crippen LogP contribution in [0.2, 0.25) is 4.34 Å². The first-order valence-electron chi connectivity index (χ1n) is 3.55. The topological polar surface area (TPSA) is 17.1 Å². The number of halogens is 2. The highest BCUT2D eigenvalue weighted by Gasteiger charge is 2.10. The van der Waals surface area contributed by atoms with Gasteiger partial charge in [-0.15, -0.1) is 11.3 Å². The summed E-state index contributed by atoms with van der Waals surface area (Å²) in [4.78, 5) is 10.7. The Morgan fingerprint density at radius 1 is 1.46 bits per heavy atom. The van der Waals surface area contributed by atoms with Crippen molar-refractivity contribution in [1.29, 1.82) is 0 Å². The third-order valence-corrected chi connectivity index (χ3v) is 4.90. The van der Waals surface area contributed by atoms with Crippen LogP contribution < -0.4 is 0 Å². The average molecular weight is 323 g/mol. The Balaban J connectivity index is 2.94. The molecule has 0 aliphatic carbocycles. The molecule has 0 aliphatic rings. The van der Waals surface area contributed by atoms with Gasteiger partial charge in [-0.1, -0.05) is 23.7 Å². The molecule has 1 nitrogen and oxygen atoms in total. The second kappa shape index (κ2) is 3.55. The van der Waals surface area contributed by atoms with Gasteiger partial charge in [-0.05, 0) is 28.7 Å². The number of carbonyl (C=O) groups excluding carboxylic acids is 1. The number of thiophene rings is 1. The maximum atomic E-state index is 10.7. The lowest BCUT2D eigenvalue weighted by Crippen LogP contribution is -1.80. The molecule has 0 aliphatic heterocycles. The van der Waals surface area contributed by atoms with Gasteiger partial charge in [-0.25, -0.2) is 0 Å². The van der Waals surface area contributed by atoms with Gasteiger partial charge in [-0.3, -0.25) is 4.79 Å². The number of carbonyl (C=O) groups is 1. The molecule has 2 aromatic rings. The van der Waals surface area contributed by atoms with Crippen molar-refractivity contribution in [2.75, 3.05) is 0 Å². The summed E-state index contributed by atoms with van der Waals surface area (Å²) in [6.45, 7) is 0. The fourth-order valence-electron chi connectivity index (χ4n) is 1.21. The van der Waals surface area contributed by atoms with Crippen LogP contribution >= 0.6 is 45.5 Å². The normalized spacial score (nSPS) is 10.6. The van der Waals surface area contributed by atoms with E-state index < -0.39 is 0 Å². The number of hydrogen-bond donors (Lipinski definition) is 0. The smallest absolute Gasteiger partial charge is 0.150 e. The zero-order chi connectivity index (χ0) is 9.42. The highest BCUT2D eigenvalue weighted by Crippen LogP contribution is 2.37. The molecule has 0 saturated heterocycles. The van der Waals surface area contributed by atoms with Crippen LogP contribution in [0, 0.1) is 3.57 Å². The van der Waals surface area contributed by atoms with Gasteiger partial charge < -0.3 is 0 Å². The van der Waals surface area contributed by atoms with Crippen LogP contribution in [0.3, 0.4) is 0 Å². The molecule has 4 heteroatoms. The summed E-state index contributed by atoms with van der Waals surface area (Å²) in [7, 11) is 0. The summed E-state index contributed by atoms with van der Waals surface area (Å²) in [6.07, 6.45) is 0.869. The largest absolute Gasteiger partial charge is 0.298 e. The molecule has 66 valence electrons. The number of aldehydes is 1. The zero-order valence-electron chi connectivity index (χ0n) is 6.38. The molecule has 1 heterocycles. The summed E-state index contributed by atoms with van der Waals surface area (Å²) in [6, 6.07) is 5.65. The third kappa shape index (κ3) is 1.49. The highest BCUT2D eigenvalue weighted by molar-refractivity contribution is 14.1. The van der Waals surface area contributed by atoms with Gasteiger partial charge in [0.2, 0.25) is 0 Å². The number of benzene rings is 1. The SMILES string of the molecule is O=Cc1cccc2sc(Cl)c(I)c12. The van der Waals surface area contributed by atoms with Crippen molar-refractivity contribution >= 4 is 61.9 Å². The fourth-order valence-corrected chi connectivity index (χ4v) is 3.52. The predicted molar refractivity (Wildman–Crippen MR) is 64.9 cm³/mol. The van der Waals surface area contributed by atoms with Crippen LogP contribution in [-0.2, 0) is 0 Å². The van der Waals surface area contributed by atoms with Gasteiger partial charge in [-0.2, -0.15) is 0 Å². The van der Waals surface area contributed by atoms with Crippen molar-refractivity contribution in [2.45, 2.75) is 0 Å². The highest BCUT2D eigenvalue weighted by atomic mass is 127. The Morgan fingerprint density at radius 2 is 2.23 bits per heavy atom. The summed E-state index contributed by atoms with van der Waals surface area (Å²) in [5.41, 5.74) is 0.713. The number of rotatable bonds is 1. The zero-order valence-corrected chi connectivity index (χ0v) is 10.1. The van der Waals surface area contributed by atoms with Crippen LogP contribution in [0.5, 0.6) is 0 Å². The lowest BCUT2D eigenvalue weighted by atomic mass is 10.1. The second-order valence-electron chi connectivity index (χ2n) is 2.53. The molecule has 0 unspecified atom stereocenters. The van der Waals surface area contributed by atoms with E-state index in [9.17, 15) is 4.79 Å². The molecule has 0 spiro atoms. The Morgan fingerprint density at radius 3 is 2.92 bits per heavy atom. The maximum Gasteiger partial charge on any atom is 0.150 e. The van der Waals surface area contributed by atoms with Crippen molar-refractivity contribution in [3.63, 3.8) is 0 Å². The minimum Gasteiger partial charge on any atom is -0.298 e. The van der Waals surface area contributed by atoms with Crippen LogP contribution in [0.1, 0.15) is 10.4 Å². The number of hydrogen-bond acceptors (Lipinski definition) is 2. The quantitative estimate of drug-likeness (QED) is 0.573. The van der Waals surface area contributed by atoms with E-state index in [2.05, 4.69) is 22.6 Å². The molecule has 1 aromatic heterocycles. The Labute approximate surface area is 97.8 Å². The lowest BCUT2D eigenvalue weighted by Gasteiger charge is -1.93. The van der Waals surface area contributed by atoms with E-state index in [1.807, 2.05) is 12.1 Å². The third-order valence-electron chi connectivity index (χ3n) is 1.78. The molecular weight excluding hydrogens is 319 g/mol. The van der Waals surface area contributed by atoms with Crippen molar-refractivity contribution in [3.05, 3.63) is 31.7 Å². The summed E-state index contributed by atoms with van der Waals surface area (Å²) >= 11 is 9.65. The summed E-state index contributed by atoms with van der Waals surface area (Å²) in [5.74, 6) is 0. The maximum absolute atomic E-state index is 10.7. The van der Waals surface area contributed by atoms with Crippen molar-refractivity contribution in [1.82, 2.24) is 0 Å². The van der Waals surface area contributed by atoms with Crippen LogP contribution in [-0.4, -0.2) is 6.29 Å². The molecule has 0 radical (unpaired) electrons. The molecule has 0 fully saturated rings. The van der Waals surface area contributed by atoms with Crippen LogP contribution in [0.25, 0.3) is 10.1 Å². The summed E-state index contributed by atoms with van der Waals surface area (Å²) in [5, 5.41) is 0.980. The molecule has 0 amide bonds. The van der Waals surface area contributed by atoms with Gasteiger partial charge in [0.15, 0.2) is 6.29 Å². The van der Waals surface area contributed by atoms with E-state index in [-0.39, 0.29) is 0 Å². The molecule has 0 N–H and O–H groups in total. The Kier molecular flexibility index (Phi) is 2.58. The molecule has 1 aromatic carbocycles. The van der Waals surface area contributed by atoms with Gasteiger partial charge in [0.25, 0.3) is 0 Å². The first-order chi connectivity index (χ1) is 6.24. The summed E-state index contributed by atoms with van der Waals surface area (Å²) < 4.78 is 2.80. The molecule has 0 saturated carbocycles. The Hall–Kier alpha value is -0.130. The van der Waals surface area contributed by atoms with E-state index >= 15 is 0 Å². The molecule has 2 rings (SSSR count). The molecule has 13 heavy (non-hydrogen) atoms. The van der Waals surface area contributed by atoms with Gasteiger partial charge in [0, 0.05) is 15.6 Å². The minimum absolute atomic E-state index is 0.713. The fraction of sp³-hybridized carbons (Fsp3) is 0. The average Bonchev–Trinajstić information content (AvgIpc) is 2.43. The van der Waals surface area contributed by atoms with E-state index in [4.69, 9.17) is 11.6 Å². The van der Waals surface area contributed by atoms with Gasteiger partial charge >= 0.3 is 0 Å². The van der Waals surface area contributed by atoms with Gasteiger partial charge in [0.1, 0.15) is 4.34 Å². The van der Waals surface area contributed by atoms with Crippen molar-refractivity contribution in [2.24, 2.45) is 0 Å². The van der Waals surface area contributed by atoms with E-state index in [0.717, 1.165) is 24.3 Å². The molecule has 0 bridgehead atoms. The van der Waals surface area contributed by atoms with E-state index in [1.54, 1.807) is 6.07 Å². The number of fused-ring (bicyclic) bond motifs is 1.